The summed E-state index contributed by atoms with van der Waals surface area (Å²) < 4.78 is 6.67. The zero-order chi connectivity index (χ0) is 12.4. The number of hydrogen-bond acceptors (Lipinski definition) is 5. The summed E-state index contributed by atoms with van der Waals surface area (Å²) in [7, 11) is 0. The molecule has 0 aliphatic carbocycles. The molecule has 0 aliphatic heterocycles. The number of anilines is 1. The van der Waals surface area contributed by atoms with Gasteiger partial charge in [0.1, 0.15) is 10.0 Å². The summed E-state index contributed by atoms with van der Waals surface area (Å²) in [4.78, 5) is 11.7. The lowest BCUT2D eigenvalue weighted by Gasteiger charge is -2.02. The van der Waals surface area contributed by atoms with E-state index < -0.39 is 0 Å². The van der Waals surface area contributed by atoms with Crippen LogP contribution in [0, 0.1) is 6.92 Å². The van der Waals surface area contributed by atoms with Gasteiger partial charge in [0.05, 0.1) is 12.2 Å². The Bertz CT molecular complexity index is 531. The molecule has 0 radical (unpaired) electrons. The first-order valence-electron chi connectivity index (χ1n) is 5.21. The molecule has 0 unspecified atom stereocenters. The zero-order valence-electron chi connectivity index (χ0n) is 9.64. The van der Waals surface area contributed by atoms with E-state index in [1.54, 1.807) is 17.8 Å². The number of carbonyl (C=O) groups excluding carboxylic acids is 1. The van der Waals surface area contributed by atoms with Crippen molar-refractivity contribution >= 4 is 22.3 Å². The van der Waals surface area contributed by atoms with Crippen LogP contribution in [0.25, 0.3) is 5.00 Å². The lowest BCUT2D eigenvalue weighted by atomic mass is 10.2. The van der Waals surface area contributed by atoms with Gasteiger partial charge in [-0.15, -0.1) is 0 Å². The summed E-state index contributed by atoms with van der Waals surface area (Å²) in [5, 5.41) is 5.43. The van der Waals surface area contributed by atoms with Gasteiger partial charge in [0, 0.05) is 18.0 Å². The van der Waals surface area contributed by atoms with Gasteiger partial charge in [0.15, 0.2) is 0 Å². The maximum absolute atomic E-state index is 11.7. The van der Waals surface area contributed by atoms with Crippen molar-refractivity contribution in [3.63, 3.8) is 0 Å². The van der Waals surface area contributed by atoms with Gasteiger partial charge in [0.2, 0.25) is 0 Å². The lowest BCUT2D eigenvalue weighted by molar-refractivity contribution is 0.0527. The van der Waals surface area contributed by atoms with Crippen molar-refractivity contribution in [2.45, 2.75) is 13.8 Å². The van der Waals surface area contributed by atoms with Crippen LogP contribution in [-0.4, -0.2) is 22.4 Å². The molecule has 90 valence electrons. The second kappa shape index (κ2) is 4.58. The fraction of sp³-hybridized carbons (Fsp3) is 0.273. The molecule has 0 saturated heterocycles. The van der Waals surface area contributed by atoms with Crippen molar-refractivity contribution in [1.82, 2.24) is 9.78 Å². The van der Waals surface area contributed by atoms with E-state index in [2.05, 4.69) is 5.10 Å². The predicted molar refractivity (Wildman–Crippen MR) is 66.5 cm³/mol. The lowest BCUT2D eigenvalue weighted by Crippen LogP contribution is -2.07. The number of nitrogens with two attached hydrogens (primary N) is 1. The van der Waals surface area contributed by atoms with Crippen LogP contribution in [0.3, 0.4) is 0 Å². The van der Waals surface area contributed by atoms with Crippen LogP contribution in [0.2, 0.25) is 0 Å². The number of carbonyl (C=O) groups is 1. The van der Waals surface area contributed by atoms with Crippen molar-refractivity contribution in [2.24, 2.45) is 0 Å². The SMILES string of the molecule is CCOC(=O)c1c(N)sc(-n2cccn2)c1C. The van der Waals surface area contributed by atoms with Crippen LogP contribution < -0.4 is 5.73 Å². The molecule has 0 atom stereocenters. The molecule has 0 aliphatic rings. The van der Waals surface area contributed by atoms with E-state index in [1.165, 1.54) is 11.3 Å². The van der Waals surface area contributed by atoms with Gasteiger partial charge in [0.25, 0.3) is 0 Å². The fourth-order valence-electron chi connectivity index (χ4n) is 1.59. The van der Waals surface area contributed by atoms with E-state index in [1.807, 2.05) is 19.2 Å². The van der Waals surface area contributed by atoms with Crippen LogP contribution in [0.5, 0.6) is 0 Å². The Morgan fingerprint density at radius 2 is 2.41 bits per heavy atom. The number of aromatic nitrogens is 2. The van der Waals surface area contributed by atoms with E-state index in [9.17, 15) is 4.79 Å². The number of esters is 1. The van der Waals surface area contributed by atoms with E-state index in [0.717, 1.165) is 10.6 Å². The molecule has 0 amide bonds. The van der Waals surface area contributed by atoms with Crippen molar-refractivity contribution < 1.29 is 9.53 Å². The minimum atomic E-state index is -0.378. The molecule has 0 fully saturated rings. The van der Waals surface area contributed by atoms with Gasteiger partial charge >= 0.3 is 5.97 Å². The zero-order valence-corrected chi connectivity index (χ0v) is 10.5. The van der Waals surface area contributed by atoms with Crippen LogP contribution in [0.4, 0.5) is 5.00 Å². The number of nitrogens with zero attached hydrogens (tertiary/aromatic N) is 2. The molecule has 17 heavy (non-hydrogen) atoms. The summed E-state index contributed by atoms with van der Waals surface area (Å²) >= 11 is 1.33. The maximum atomic E-state index is 11.7. The quantitative estimate of drug-likeness (QED) is 0.847. The molecule has 2 N–H and O–H groups in total. The van der Waals surface area contributed by atoms with Gasteiger partial charge in [-0.2, -0.15) is 5.10 Å². The Labute approximate surface area is 103 Å². The second-order valence-electron chi connectivity index (χ2n) is 3.44. The third kappa shape index (κ3) is 2.03. The first-order chi connectivity index (χ1) is 8.15. The predicted octanol–water partition coefficient (Wildman–Crippen LogP) is 2.00. The molecule has 2 aromatic heterocycles. The van der Waals surface area contributed by atoms with Crippen LogP contribution in [-0.2, 0) is 4.74 Å². The Balaban J connectivity index is 2.46. The van der Waals surface area contributed by atoms with E-state index in [4.69, 9.17) is 10.5 Å². The molecule has 2 aromatic rings. The molecule has 0 saturated carbocycles. The summed E-state index contributed by atoms with van der Waals surface area (Å²) in [6, 6.07) is 1.82. The van der Waals surface area contributed by atoms with Crippen LogP contribution in [0.15, 0.2) is 18.5 Å². The first kappa shape index (κ1) is 11.7. The molecule has 6 heteroatoms. The van der Waals surface area contributed by atoms with Crippen molar-refractivity contribution in [3.05, 3.63) is 29.6 Å². The number of rotatable bonds is 3. The number of thiophene rings is 1. The van der Waals surface area contributed by atoms with Gasteiger partial charge in [-0.1, -0.05) is 11.3 Å². The highest BCUT2D eigenvalue weighted by atomic mass is 32.1. The molecule has 2 rings (SSSR count). The minimum Gasteiger partial charge on any atom is -0.462 e. The monoisotopic (exact) mass is 251 g/mol. The Morgan fingerprint density at radius 1 is 1.65 bits per heavy atom. The topological polar surface area (TPSA) is 70.1 Å². The molecule has 2 heterocycles. The van der Waals surface area contributed by atoms with Crippen molar-refractivity contribution in [2.75, 3.05) is 12.3 Å². The van der Waals surface area contributed by atoms with Gasteiger partial charge in [-0.3, -0.25) is 0 Å². The summed E-state index contributed by atoms with van der Waals surface area (Å²) in [6.07, 6.45) is 3.49. The number of hydrogen-bond donors (Lipinski definition) is 1. The maximum Gasteiger partial charge on any atom is 0.341 e. The second-order valence-corrected chi connectivity index (χ2v) is 4.47. The van der Waals surface area contributed by atoms with E-state index in [0.29, 0.717) is 17.2 Å². The van der Waals surface area contributed by atoms with E-state index >= 15 is 0 Å². The third-order valence-electron chi connectivity index (χ3n) is 2.34. The van der Waals surface area contributed by atoms with Gasteiger partial charge in [-0.25, -0.2) is 9.48 Å². The number of ether oxygens (including phenoxy) is 1. The highest BCUT2D eigenvalue weighted by Crippen LogP contribution is 2.33. The highest BCUT2D eigenvalue weighted by molar-refractivity contribution is 7.19. The minimum absolute atomic E-state index is 0.338. The Hall–Kier alpha value is -1.82. The average Bonchev–Trinajstić information content (AvgIpc) is 2.87. The summed E-state index contributed by atoms with van der Waals surface area (Å²) in [5.74, 6) is -0.378. The molecule has 0 bridgehead atoms. The molecular weight excluding hydrogens is 238 g/mol. The smallest absolute Gasteiger partial charge is 0.341 e. The van der Waals surface area contributed by atoms with Crippen LogP contribution >= 0.6 is 11.3 Å². The normalized spacial score (nSPS) is 10.5. The first-order valence-corrected chi connectivity index (χ1v) is 6.02. The largest absolute Gasteiger partial charge is 0.462 e. The summed E-state index contributed by atoms with van der Waals surface area (Å²) in [5.41, 5.74) is 7.10. The fourth-order valence-corrected chi connectivity index (χ4v) is 2.59. The highest BCUT2D eigenvalue weighted by Gasteiger charge is 2.21. The molecular formula is C11H13N3O2S. The van der Waals surface area contributed by atoms with Crippen LogP contribution in [0.1, 0.15) is 22.8 Å². The Morgan fingerprint density at radius 3 is 3.00 bits per heavy atom. The van der Waals surface area contributed by atoms with E-state index in [-0.39, 0.29) is 5.97 Å². The molecule has 0 aromatic carbocycles. The van der Waals surface area contributed by atoms with Crippen molar-refractivity contribution in [1.29, 1.82) is 0 Å². The third-order valence-corrected chi connectivity index (χ3v) is 3.45. The van der Waals surface area contributed by atoms with Gasteiger partial charge in [-0.05, 0) is 19.9 Å². The average molecular weight is 251 g/mol. The molecule has 5 nitrogen and oxygen atoms in total. The summed E-state index contributed by atoms with van der Waals surface area (Å²) in [6.45, 7) is 3.95. The van der Waals surface area contributed by atoms with Crippen molar-refractivity contribution in [3.8, 4) is 5.00 Å². The standard InChI is InChI=1S/C11H13N3O2S/c1-3-16-11(15)8-7(2)10(17-9(8)12)14-6-4-5-13-14/h4-6H,3,12H2,1-2H3. The Kier molecular flexibility index (Phi) is 3.14. The van der Waals surface area contributed by atoms with Gasteiger partial charge < -0.3 is 10.5 Å². The number of nitrogen functional groups attached to an aromatic ring is 1. The molecule has 0 spiro atoms.